The molecule has 0 spiro atoms. The van der Waals surface area contributed by atoms with E-state index in [-0.39, 0.29) is 11.5 Å². The van der Waals surface area contributed by atoms with Crippen LogP contribution in [0, 0.1) is 19.1 Å². The molecule has 0 saturated heterocycles. The number of rotatable bonds is 4. The monoisotopic (exact) mass is 262 g/mol. The number of thioether (sulfide) groups is 1. The highest BCUT2D eigenvalue weighted by Crippen LogP contribution is 2.17. The van der Waals surface area contributed by atoms with Gasteiger partial charge in [-0.15, -0.1) is 0 Å². The highest BCUT2D eigenvalue weighted by Gasteiger charge is 2.14. The number of carbonyl (C=O) groups excluding carboxylic acids is 1. The molecule has 0 fully saturated rings. The fourth-order valence-corrected chi connectivity index (χ4v) is 2.55. The van der Waals surface area contributed by atoms with Gasteiger partial charge in [-0.2, -0.15) is 4.73 Å². The summed E-state index contributed by atoms with van der Waals surface area (Å²) in [4.78, 5) is 15.1. The third kappa shape index (κ3) is 2.73. The van der Waals surface area contributed by atoms with Crippen molar-refractivity contribution in [3.05, 3.63) is 52.6 Å². The molecule has 4 nitrogen and oxygen atoms in total. The lowest BCUT2D eigenvalue weighted by Crippen LogP contribution is -2.28. The van der Waals surface area contributed by atoms with Crippen molar-refractivity contribution in [2.45, 2.75) is 18.9 Å². The molecule has 2 heterocycles. The molecule has 2 aromatic rings. The molecule has 0 aliphatic heterocycles. The van der Waals surface area contributed by atoms with Crippen LogP contribution in [0.2, 0.25) is 0 Å². The molecule has 0 aliphatic rings. The van der Waals surface area contributed by atoms with Crippen molar-refractivity contribution in [1.82, 2.24) is 4.98 Å². The van der Waals surface area contributed by atoms with Crippen LogP contribution >= 0.6 is 11.8 Å². The molecule has 2 rings (SSSR count). The van der Waals surface area contributed by atoms with E-state index in [0.29, 0.717) is 10.6 Å². The van der Waals surface area contributed by atoms with Gasteiger partial charge in [-0.25, -0.2) is 0 Å². The summed E-state index contributed by atoms with van der Waals surface area (Å²) < 4.78 is 0.771. The second-order valence-corrected chi connectivity index (χ2v) is 5.06. The molecule has 0 radical (unpaired) electrons. The van der Waals surface area contributed by atoms with Gasteiger partial charge < -0.3 is 10.2 Å². The normalized spacial score (nSPS) is 10.6. The van der Waals surface area contributed by atoms with E-state index >= 15 is 0 Å². The lowest BCUT2D eigenvalue weighted by molar-refractivity contribution is -0.645. The average molecular weight is 262 g/mol. The number of aromatic nitrogens is 2. The summed E-state index contributed by atoms with van der Waals surface area (Å²) in [5.41, 5.74) is 2.55. The first-order valence-electron chi connectivity index (χ1n) is 5.58. The minimum absolute atomic E-state index is 0.0331. The number of nitrogens with one attached hydrogen (secondary N) is 1. The third-order valence-corrected chi connectivity index (χ3v) is 3.61. The van der Waals surface area contributed by atoms with E-state index < -0.39 is 0 Å². The fraction of sp³-hybridized carbons (Fsp3) is 0.231. The second-order valence-electron chi connectivity index (χ2n) is 4.07. The Balaban J connectivity index is 2.05. The number of pyridine rings is 1. The van der Waals surface area contributed by atoms with E-state index in [9.17, 15) is 10.0 Å². The lowest BCUT2D eigenvalue weighted by atomic mass is 10.2. The Morgan fingerprint density at radius 2 is 2.22 bits per heavy atom. The number of carbonyl (C=O) groups is 1. The van der Waals surface area contributed by atoms with Crippen molar-refractivity contribution in [3.8, 4) is 0 Å². The summed E-state index contributed by atoms with van der Waals surface area (Å²) in [6, 6.07) is 7.00. The Labute approximate surface area is 110 Å². The topological polar surface area (TPSA) is 59.8 Å². The van der Waals surface area contributed by atoms with Gasteiger partial charge in [0.05, 0.1) is 5.75 Å². The smallest absolute Gasteiger partial charge is 0.251 e. The maximum Gasteiger partial charge on any atom is 0.251 e. The van der Waals surface area contributed by atoms with Crippen LogP contribution in [-0.2, 0) is 0 Å². The van der Waals surface area contributed by atoms with Gasteiger partial charge in [-0.1, -0.05) is 0 Å². The van der Waals surface area contributed by atoms with Crippen LogP contribution in [0.4, 0.5) is 0 Å². The maximum atomic E-state index is 12.0. The van der Waals surface area contributed by atoms with Gasteiger partial charge in [0.1, 0.15) is 0 Å². The van der Waals surface area contributed by atoms with Crippen LogP contribution in [-0.4, -0.2) is 16.5 Å². The first-order chi connectivity index (χ1) is 8.58. The van der Waals surface area contributed by atoms with E-state index in [1.807, 2.05) is 19.9 Å². The maximum absolute atomic E-state index is 12.0. The SMILES string of the molecule is Cc1cc(C(=O)CSc2cccc[n+]2[O-])c(C)[nH]1. The molecule has 18 heavy (non-hydrogen) atoms. The van der Waals surface area contributed by atoms with Gasteiger partial charge in [0.25, 0.3) is 5.03 Å². The zero-order valence-electron chi connectivity index (χ0n) is 10.3. The summed E-state index contributed by atoms with van der Waals surface area (Å²) in [6.45, 7) is 3.79. The zero-order valence-corrected chi connectivity index (χ0v) is 11.1. The van der Waals surface area contributed by atoms with Crippen LogP contribution in [0.15, 0.2) is 35.5 Å². The van der Waals surface area contributed by atoms with Gasteiger partial charge in [-0.3, -0.25) is 4.79 Å². The van der Waals surface area contributed by atoms with Gasteiger partial charge in [0.15, 0.2) is 12.0 Å². The van der Waals surface area contributed by atoms with Crippen LogP contribution < -0.4 is 4.73 Å². The molecule has 0 aromatic carbocycles. The number of Topliss-reactive ketones (excluding diaryl/α,β-unsaturated/α-hetero) is 1. The summed E-state index contributed by atoms with van der Waals surface area (Å²) in [5, 5.41) is 12.0. The van der Waals surface area contributed by atoms with Crippen LogP contribution in [0.25, 0.3) is 0 Å². The van der Waals surface area contributed by atoms with Crippen molar-refractivity contribution in [3.63, 3.8) is 0 Å². The Morgan fingerprint density at radius 1 is 1.44 bits per heavy atom. The third-order valence-electron chi connectivity index (χ3n) is 2.59. The number of ketones is 1. The molecular formula is C13H14N2O2S. The van der Waals surface area contributed by atoms with Crippen molar-refractivity contribution >= 4 is 17.5 Å². The number of H-pyrrole nitrogens is 1. The van der Waals surface area contributed by atoms with E-state index in [1.165, 1.54) is 18.0 Å². The van der Waals surface area contributed by atoms with Crippen molar-refractivity contribution in [1.29, 1.82) is 0 Å². The Kier molecular flexibility index (Phi) is 3.72. The number of nitrogens with zero attached hydrogens (tertiary/aromatic N) is 1. The molecule has 5 heteroatoms. The van der Waals surface area contributed by atoms with E-state index in [0.717, 1.165) is 16.1 Å². The van der Waals surface area contributed by atoms with E-state index in [2.05, 4.69) is 4.98 Å². The number of hydrogen-bond donors (Lipinski definition) is 1. The summed E-state index contributed by atoms with van der Waals surface area (Å²) in [7, 11) is 0. The summed E-state index contributed by atoms with van der Waals surface area (Å²) >= 11 is 1.25. The fourth-order valence-electron chi connectivity index (χ4n) is 1.76. The van der Waals surface area contributed by atoms with Crippen molar-refractivity contribution < 1.29 is 9.52 Å². The first kappa shape index (κ1) is 12.7. The molecule has 2 aromatic heterocycles. The van der Waals surface area contributed by atoms with E-state index in [4.69, 9.17) is 0 Å². The average Bonchev–Trinajstić information content (AvgIpc) is 2.67. The molecule has 0 unspecified atom stereocenters. The van der Waals surface area contributed by atoms with Crippen molar-refractivity contribution in [2.75, 3.05) is 5.75 Å². The van der Waals surface area contributed by atoms with Crippen LogP contribution in [0.3, 0.4) is 0 Å². The number of aryl methyl sites for hydroxylation is 2. The van der Waals surface area contributed by atoms with Crippen molar-refractivity contribution in [2.24, 2.45) is 0 Å². The van der Waals surface area contributed by atoms with E-state index in [1.54, 1.807) is 18.2 Å². The molecule has 94 valence electrons. The van der Waals surface area contributed by atoms with Gasteiger partial charge in [0, 0.05) is 29.1 Å². The van der Waals surface area contributed by atoms with Gasteiger partial charge in [-0.05, 0) is 37.7 Å². The highest BCUT2D eigenvalue weighted by molar-refractivity contribution is 7.99. The Morgan fingerprint density at radius 3 is 2.83 bits per heavy atom. The molecule has 0 atom stereocenters. The molecule has 0 saturated carbocycles. The zero-order chi connectivity index (χ0) is 13.1. The number of hydrogen-bond acceptors (Lipinski definition) is 3. The lowest BCUT2D eigenvalue weighted by Gasteiger charge is -2.02. The predicted octanol–water partition coefficient (Wildman–Crippen LogP) is 2.24. The van der Waals surface area contributed by atoms with Crippen LogP contribution in [0.1, 0.15) is 21.7 Å². The predicted molar refractivity (Wildman–Crippen MR) is 70.7 cm³/mol. The number of aromatic amines is 1. The summed E-state index contributed by atoms with van der Waals surface area (Å²) in [5.74, 6) is 0.301. The van der Waals surface area contributed by atoms with Crippen LogP contribution in [0.5, 0.6) is 0 Å². The Bertz CT molecular complexity index is 578. The molecule has 0 aliphatic carbocycles. The highest BCUT2D eigenvalue weighted by atomic mass is 32.2. The summed E-state index contributed by atoms with van der Waals surface area (Å²) in [6.07, 6.45) is 1.43. The first-order valence-corrected chi connectivity index (χ1v) is 6.57. The largest absolute Gasteiger partial charge is 0.618 e. The Hall–Kier alpha value is -1.75. The van der Waals surface area contributed by atoms with Gasteiger partial charge in [0.2, 0.25) is 0 Å². The molecule has 0 amide bonds. The standard InChI is InChI=1S/C13H14N2O2S/c1-9-7-11(10(2)14-9)12(16)8-18-13-5-3-4-6-15(13)17/h3-7,14H,8H2,1-2H3. The molecular weight excluding hydrogens is 248 g/mol. The molecule has 1 N–H and O–H groups in total. The molecule has 0 bridgehead atoms. The quantitative estimate of drug-likeness (QED) is 0.398. The minimum atomic E-state index is 0.0331. The van der Waals surface area contributed by atoms with Gasteiger partial charge >= 0.3 is 0 Å². The second kappa shape index (κ2) is 5.27. The minimum Gasteiger partial charge on any atom is -0.618 e.